The highest BCUT2D eigenvalue weighted by molar-refractivity contribution is 9.11. The van der Waals surface area contributed by atoms with Crippen molar-refractivity contribution in [2.75, 3.05) is 13.1 Å². The van der Waals surface area contributed by atoms with Crippen LogP contribution in [-0.4, -0.2) is 13.1 Å². The maximum Gasteiger partial charge on any atom is 0.0704 e. The maximum absolute atomic E-state index is 3.60. The van der Waals surface area contributed by atoms with Gasteiger partial charge in [-0.25, -0.2) is 0 Å². The second-order valence-electron chi connectivity index (χ2n) is 4.11. The van der Waals surface area contributed by atoms with Gasteiger partial charge < -0.3 is 5.32 Å². The van der Waals surface area contributed by atoms with Crippen LogP contribution in [0.15, 0.2) is 9.85 Å². The Morgan fingerprint density at radius 2 is 2.31 bits per heavy atom. The molecular weight excluding hydrogens is 246 g/mol. The fourth-order valence-corrected chi connectivity index (χ4v) is 4.16. The van der Waals surface area contributed by atoms with Crippen LogP contribution >= 0.6 is 27.3 Å². The highest BCUT2D eigenvalue weighted by atomic mass is 79.9. The molecule has 0 saturated heterocycles. The SMILES string of the molecule is Brc1cc2c(s1)C1(CC1)CNCC2. The average molecular weight is 258 g/mol. The minimum absolute atomic E-state index is 0.544. The Morgan fingerprint density at radius 1 is 1.46 bits per heavy atom. The van der Waals surface area contributed by atoms with Crippen LogP contribution in [0.3, 0.4) is 0 Å². The third kappa shape index (κ3) is 1.29. The van der Waals surface area contributed by atoms with Crippen molar-refractivity contribution in [2.45, 2.75) is 24.7 Å². The Bertz CT molecular complexity index is 341. The van der Waals surface area contributed by atoms with Gasteiger partial charge in [0.15, 0.2) is 0 Å². The molecule has 1 aromatic rings. The van der Waals surface area contributed by atoms with Crippen molar-refractivity contribution in [3.63, 3.8) is 0 Å². The van der Waals surface area contributed by atoms with Crippen molar-refractivity contribution in [1.82, 2.24) is 5.32 Å². The van der Waals surface area contributed by atoms with E-state index in [-0.39, 0.29) is 0 Å². The largest absolute Gasteiger partial charge is 0.315 e. The van der Waals surface area contributed by atoms with E-state index in [4.69, 9.17) is 0 Å². The van der Waals surface area contributed by atoms with Crippen LogP contribution in [0.1, 0.15) is 23.3 Å². The number of nitrogens with one attached hydrogen (secondary N) is 1. The predicted octanol–water partition coefficient (Wildman–Crippen LogP) is 2.69. The molecule has 3 heteroatoms. The fraction of sp³-hybridized carbons (Fsp3) is 0.600. The van der Waals surface area contributed by atoms with E-state index in [0.29, 0.717) is 5.41 Å². The van der Waals surface area contributed by atoms with E-state index in [9.17, 15) is 0 Å². The summed E-state index contributed by atoms with van der Waals surface area (Å²) in [6.45, 7) is 2.35. The van der Waals surface area contributed by atoms with Crippen molar-refractivity contribution in [3.05, 3.63) is 20.3 Å². The van der Waals surface area contributed by atoms with Crippen LogP contribution in [0.4, 0.5) is 0 Å². The second kappa shape index (κ2) is 2.81. The van der Waals surface area contributed by atoms with Crippen molar-refractivity contribution < 1.29 is 0 Å². The van der Waals surface area contributed by atoms with Crippen LogP contribution in [0, 0.1) is 0 Å². The first-order valence-corrected chi connectivity index (χ1v) is 6.41. The van der Waals surface area contributed by atoms with Crippen LogP contribution in [0.2, 0.25) is 0 Å². The Hall–Kier alpha value is 0.140. The van der Waals surface area contributed by atoms with E-state index >= 15 is 0 Å². The van der Waals surface area contributed by atoms with Gasteiger partial charge in [-0.05, 0) is 53.4 Å². The van der Waals surface area contributed by atoms with Crippen molar-refractivity contribution in [2.24, 2.45) is 0 Å². The van der Waals surface area contributed by atoms with E-state index < -0.39 is 0 Å². The third-order valence-corrected chi connectivity index (χ3v) is 5.08. The summed E-state index contributed by atoms with van der Waals surface area (Å²) in [5.41, 5.74) is 2.13. The van der Waals surface area contributed by atoms with E-state index in [1.54, 1.807) is 10.4 Å². The van der Waals surface area contributed by atoms with Gasteiger partial charge in [-0.15, -0.1) is 11.3 Å². The summed E-state index contributed by atoms with van der Waals surface area (Å²) in [7, 11) is 0. The van der Waals surface area contributed by atoms with Crippen LogP contribution in [-0.2, 0) is 11.8 Å². The van der Waals surface area contributed by atoms with Gasteiger partial charge in [-0.2, -0.15) is 0 Å². The minimum Gasteiger partial charge on any atom is -0.315 e. The summed E-state index contributed by atoms with van der Waals surface area (Å²) < 4.78 is 1.31. The molecule has 0 bridgehead atoms. The Kier molecular flexibility index (Phi) is 1.83. The van der Waals surface area contributed by atoms with Gasteiger partial charge in [-0.3, -0.25) is 0 Å². The summed E-state index contributed by atoms with van der Waals surface area (Å²) in [4.78, 5) is 1.66. The number of hydrogen-bond acceptors (Lipinski definition) is 2. The van der Waals surface area contributed by atoms with Crippen molar-refractivity contribution in [1.29, 1.82) is 0 Å². The quantitative estimate of drug-likeness (QED) is 0.754. The molecule has 1 spiro atoms. The molecule has 0 radical (unpaired) electrons. The molecule has 2 heterocycles. The van der Waals surface area contributed by atoms with Gasteiger partial charge in [-0.1, -0.05) is 0 Å². The molecule has 0 aromatic carbocycles. The van der Waals surface area contributed by atoms with Crippen molar-refractivity contribution in [3.8, 4) is 0 Å². The molecule has 1 aliphatic heterocycles. The molecule has 1 fully saturated rings. The summed E-state index contributed by atoms with van der Waals surface area (Å²) in [5.74, 6) is 0. The van der Waals surface area contributed by atoms with Gasteiger partial charge in [0.2, 0.25) is 0 Å². The first kappa shape index (κ1) is 8.45. The zero-order valence-corrected chi connectivity index (χ0v) is 9.80. The van der Waals surface area contributed by atoms with Crippen molar-refractivity contribution >= 4 is 27.3 Å². The lowest BCUT2D eigenvalue weighted by Crippen LogP contribution is -2.24. The standard InChI is InChI=1S/C10H12BrNS/c11-8-5-7-1-4-12-6-10(2-3-10)9(7)13-8/h5,12H,1-4,6H2. The molecule has 1 N–H and O–H groups in total. The second-order valence-corrected chi connectivity index (χ2v) is 6.54. The van der Waals surface area contributed by atoms with Gasteiger partial charge in [0.1, 0.15) is 0 Å². The molecule has 0 amide bonds. The third-order valence-electron chi connectivity index (χ3n) is 3.15. The average Bonchev–Trinajstić information content (AvgIpc) is 2.83. The molecule has 1 aliphatic carbocycles. The number of thiophene rings is 1. The molecule has 1 aromatic heterocycles. The number of hydrogen-bond donors (Lipinski definition) is 1. The van der Waals surface area contributed by atoms with Crippen LogP contribution < -0.4 is 5.32 Å². The zero-order chi connectivity index (χ0) is 8.89. The highest BCUT2D eigenvalue weighted by Gasteiger charge is 2.47. The number of halogens is 1. The molecule has 1 nitrogen and oxygen atoms in total. The molecule has 13 heavy (non-hydrogen) atoms. The van der Waals surface area contributed by atoms with E-state index in [0.717, 1.165) is 6.54 Å². The smallest absolute Gasteiger partial charge is 0.0704 e. The van der Waals surface area contributed by atoms with Crippen LogP contribution in [0.25, 0.3) is 0 Å². The molecule has 1 saturated carbocycles. The maximum atomic E-state index is 3.60. The van der Waals surface area contributed by atoms with Crippen LogP contribution in [0.5, 0.6) is 0 Å². The predicted molar refractivity (Wildman–Crippen MR) is 59.5 cm³/mol. The lowest BCUT2D eigenvalue weighted by atomic mass is 10.0. The lowest BCUT2D eigenvalue weighted by Gasteiger charge is -2.11. The molecule has 3 rings (SSSR count). The fourth-order valence-electron chi connectivity index (χ4n) is 2.22. The van der Waals surface area contributed by atoms with Gasteiger partial charge in [0.25, 0.3) is 0 Å². The Morgan fingerprint density at radius 3 is 3.08 bits per heavy atom. The van der Waals surface area contributed by atoms with Gasteiger partial charge in [0.05, 0.1) is 3.79 Å². The molecule has 2 aliphatic rings. The molecule has 0 atom stereocenters. The Balaban J connectivity index is 2.10. The van der Waals surface area contributed by atoms with E-state index in [1.807, 2.05) is 11.3 Å². The van der Waals surface area contributed by atoms with E-state index in [2.05, 4.69) is 27.3 Å². The lowest BCUT2D eigenvalue weighted by molar-refractivity contribution is 0.608. The zero-order valence-electron chi connectivity index (χ0n) is 7.40. The minimum atomic E-state index is 0.544. The monoisotopic (exact) mass is 257 g/mol. The Labute approximate surface area is 90.7 Å². The molecule has 70 valence electrons. The summed E-state index contributed by atoms with van der Waals surface area (Å²) in [5, 5.41) is 3.54. The van der Waals surface area contributed by atoms with E-state index in [1.165, 1.54) is 29.6 Å². The number of rotatable bonds is 0. The first-order chi connectivity index (χ1) is 6.30. The summed E-state index contributed by atoms with van der Waals surface area (Å²) in [6.07, 6.45) is 3.99. The number of fused-ring (bicyclic) bond motifs is 2. The van der Waals surface area contributed by atoms with Gasteiger partial charge >= 0.3 is 0 Å². The normalized spacial score (nSPS) is 24.1. The summed E-state index contributed by atoms with van der Waals surface area (Å²) >= 11 is 5.55. The van der Waals surface area contributed by atoms with Gasteiger partial charge in [0, 0.05) is 16.8 Å². The topological polar surface area (TPSA) is 12.0 Å². The first-order valence-electron chi connectivity index (χ1n) is 4.80. The highest BCUT2D eigenvalue weighted by Crippen LogP contribution is 2.53. The molecule has 0 unspecified atom stereocenters. The molecular formula is C10H12BrNS. The summed E-state index contributed by atoms with van der Waals surface area (Å²) in [6, 6.07) is 2.31.